The Hall–Kier alpha value is -1.02. The van der Waals surface area contributed by atoms with Crippen LogP contribution in [0, 0.1) is 20.8 Å². The minimum atomic E-state index is 0.993. The fourth-order valence-corrected chi connectivity index (χ4v) is 1.65. The Bertz CT molecular complexity index is 282. The third-order valence-electron chi connectivity index (χ3n) is 2.27. The van der Waals surface area contributed by atoms with Crippen LogP contribution in [0.25, 0.3) is 0 Å². The fraction of sp³-hybridized carbons (Fsp3) is 0.500. The predicted octanol–water partition coefficient (Wildman–Crippen LogP) is 2.94. The maximum Gasteiger partial charge on any atom is 0.0546 e. The van der Waals surface area contributed by atoms with Crippen molar-refractivity contribution in [3.8, 4) is 0 Å². The zero-order chi connectivity index (χ0) is 10.6. The summed E-state index contributed by atoms with van der Waals surface area (Å²) >= 11 is 0. The highest BCUT2D eigenvalue weighted by Gasteiger charge is 2.01. The van der Waals surface area contributed by atoms with Crippen molar-refractivity contribution in [2.75, 3.05) is 12.0 Å². The second-order valence-electron chi connectivity index (χ2n) is 3.83. The lowest BCUT2D eigenvalue weighted by atomic mass is 10.1. The molecule has 0 aliphatic carbocycles. The maximum atomic E-state index is 3.26. The van der Waals surface area contributed by atoms with Gasteiger partial charge >= 0.3 is 0 Å². The van der Waals surface area contributed by atoms with Gasteiger partial charge in [-0.2, -0.15) is 0 Å². The number of anilines is 1. The van der Waals surface area contributed by atoms with Gasteiger partial charge in [-0.3, -0.25) is 0 Å². The van der Waals surface area contributed by atoms with Crippen molar-refractivity contribution < 1.29 is 0 Å². The molecule has 78 valence electrons. The summed E-state index contributed by atoms with van der Waals surface area (Å²) in [5.74, 6) is 0. The number of benzene rings is 1. The fourth-order valence-electron chi connectivity index (χ4n) is 1.65. The van der Waals surface area contributed by atoms with Crippen LogP contribution in [0.5, 0.6) is 0 Å². The van der Waals surface area contributed by atoms with Crippen molar-refractivity contribution in [1.82, 2.24) is 5.43 Å². The van der Waals surface area contributed by atoms with Crippen LogP contribution in [0.3, 0.4) is 0 Å². The first-order valence-electron chi connectivity index (χ1n) is 5.22. The minimum Gasteiger partial charge on any atom is -0.321 e. The topological polar surface area (TPSA) is 24.1 Å². The molecule has 0 radical (unpaired) electrons. The van der Waals surface area contributed by atoms with E-state index in [2.05, 4.69) is 50.7 Å². The lowest BCUT2D eigenvalue weighted by molar-refractivity contribution is 0.759. The Labute approximate surface area is 86.7 Å². The molecular formula is C12H20N2. The Morgan fingerprint density at radius 3 is 2.14 bits per heavy atom. The van der Waals surface area contributed by atoms with Crippen molar-refractivity contribution in [3.05, 3.63) is 28.8 Å². The van der Waals surface area contributed by atoms with Crippen molar-refractivity contribution >= 4 is 5.69 Å². The Balaban J connectivity index is 2.75. The summed E-state index contributed by atoms with van der Waals surface area (Å²) in [6.45, 7) is 9.55. The molecule has 0 atom stereocenters. The summed E-state index contributed by atoms with van der Waals surface area (Å²) < 4.78 is 0. The molecule has 1 aromatic rings. The minimum absolute atomic E-state index is 0.993. The van der Waals surface area contributed by atoms with E-state index in [4.69, 9.17) is 0 Å². The number of nitrogens with one attached hydrogen (secondary N) is 2. The van der Waals surface area contributed by atoms with Crippen LogP contribution in [-0.4, -0.2) is 6.54 Å². The molecule has 1 rings (SSSR count). The van der Waals surface area contributed by atoms with Gasteiger partial charge in [0, 0.05) is 6.54 Å². The molecule has 0 unspecified atom stereocenters. The molecule has 2 heteroatoms. The van der Waals surface area contributed by atoms with Gasteiger partial charge in [0.25, 0.3) is 0 Å². The molecule has 0 saturated heterocycles. The van der Waals surface area contributed by atoms with Crippen LogP contribution < -0.4 is 10.9 Å². The van der Waals surface area contributed by atoms with Crippen molar-refractivity contribution in [2.45, 2.75) is 34.1 Å². The normalized spacial score (nSPS) is 10.3. The van der Waals surface area contributed by atoms with Gasteiger partial charge in [0.05, 0.1) is 5.69 Å². The first-order valence-corrected chi connectivity index (χ1v) is 5.22. The van der Waals surface area contributed by atoms with Gasteiger partial charge in [-0.15, -0.1) is 0 Å². The zero-order valence-corrected chi connectivity index (χ0v) is 9.57. The highest BCUT2D eigenvalue weighted by Crippen LogP contribution is 2.20. The van der Waals surface area contributed by atoms with Crippen molar-refractivity contribution in [3.63, 3.8) is 0 Å². The molecule has 0 aliphatic rings. The smallest absolute Gasteiger partial charge is 0.0546 e. The van der Waals surface area contributed by atoms with Crippen molar-refractivity contribution in [1.29, 1.82) is 0 Å². The summed E-state index contributed by atoms with van der Waals surface area (Å²) in [6.07, 6.45) is 1.14. The highest BCUT2D eigenvalue weighted by molar-refractivity contribution is 5.57. The number of hydrogen-bond donors (Lipinski definition) is 2. The lowest BCUT2D eigenvalue weighted by Gasteiger charge is -2.14. The molecule has 0 saturated carbocycles. The quantitative estimate of drug-likeness (QED) is 0.566. The van der Waals surface area contributed by atoms with Crippen LogP contribution in [0.2, 0.25) is 0 Å². The molecule has 1 aromatic carbocycles. The summed E-state index contributed by atoms with van der Waals surface area (Å²) in [7, 11) is 0. The van der Waals surface area contributed by atoms with E-state index < -0.39 is 0 Å². The van der Waals surface area contributed by atoms with Gasteiger partial charge in [-0.1, -0.05) is 24.6 Å². The number of rotatable bonds is 4. The number of hydrazine groups is 1. The number of aryl methyl sites for hydroxylation is 3. The van der Waals surface area contributed by atoms with Crippen LogP contribution in [0.15, 0.2) is 12.1 Å². The van der Waals surface area contributed by atoms with E-state index in [1.807, 2.05) is 0 Å². The van der Waals surface area contributed by atoms with Crippen LogP contribution in [0.1, 0.15) is 30.0 Å². The highest BCUT2D eigenvalue weighted by atomic mass is 15.3. The van der Waals surface area contributed by atoms with E-state index in [1.165, 1.54) is 22.4 Å². The van der Waals surface area contributed by atoms with Gasteiger partial charge in [0.15, 0.2) is 0 Å². The Kier molecular flexibility index (Phi) is 3.96. The molecular weight excluding hydrogens is 172 g/mol. The number of hydrogen-bond acceptors (Lipinski definition) is 2. The summed E-state index contributed by atoms with van der Waals surface area (Å²) in [4.78, 5) is 0. The van der Waals surface area contributed by atoms with Crippen LogP contribution in [0.4, 0.5) is 5.69 Å². The third-order valence-corrected chi connectivity index (χ3v) is 2.27. The molecule has 0 spiro atoms. The van der Waals surface area contributed by atoms with Crippen molar-refractivity contribution in [2.24, 2.45) is 0 Å². The van der Waals surface area contributed by atoms with Gasteiger partial charge in [-0.05, 0) is 38.3 Å². The van der Waals surface area contributed by atoms with E-state index in [0.29, 0.717) is 0 Å². The molecule has 0 aliphatic heterocycles. The molecule has 0 fully saturated rings. The summed E-state index contributed by atoms with van der Waals surface area (Å²) in [5.41, 5.74) is 11.6. The van der Waals surface area contributed by atoms with Gasteiger partial charge in [0.1, 0.15) is 0 Å². The predicted molar refractivity (Wildman–Crippen MR) is 62.6 cm³/mol. The average Bonchev–Trinajstić information content (AvgIpc) is 2.09. The molecule has 2 N–H and O–H groups in total. The molecule has 0 aromatic heterocycles. The largest absolute Gasteiger partial charge is 0.321 e. The first-order chi connectivity index (χ1) is 6.65. The molecule has 0 heterocycles. The van der Waals surface area contributed by atoms with E-state index in [-0.39, 0.29) is 0 Å². The van der Waals surface area contributed by atoms with Crippen LogP contribution in [-0.2, 0) is 0 Å². The van der Waals surface area contributed by atoms with E-state index in [0.717, 1.165) is 13.0 Å². The van der Waals surface area contributed by atoms with E-state index in [9.17, 15) is 0 Å². The van der Waals surface area contributed by atoms with Gasteiger partial charge < -0.3 is 5.43 Å². The SMILES string of the molecule is CCCNNc1c(C)cc(C)cc1C. The zero-order valence-electron chi connectivity index (χ0n) is 9.57. The summed E-state index contributed by atoms with van der Waals surface area (Å²) in [6, 6.07) is 4.39. The molecule has 0 bridgehead atoms. The monoisotopic (exact) mass is 192 g/mol. The standard InChI is InChI=1S/C12H20N2/c1-5-6-13-14-12-10(3)7-9(2)8-11(12)4/h7-8,13-14H,5-6H2,1-4H3. The average molecular weight is 192 g/mol. The van der Waals surface area contributed by atoms with Gasteiger partial charge in [0.2, 0.25) is 0 Å². The molecule has 2 nitrogen and oxygen atoms in total. The van der Waals surface area contributed by atoms with E-state index in [1.54, 1.807) is 0 Å². The first kappa shape index (κ1) is 11.1. The van der Waals surface area contributed by atoms with Gasteiger partial charge in [-0.25, -0.2) is 5.43 Å². The Morgan fingerprint density at radius 1 is 1.07 bits per heavy atom. The maximum absolute atomic E-state index is 3.26. The lowest BCUT2D eigenvalue weighted by Crippen LogP contribution is -2.23. The van der Waals surface area contributed by atoms with Crippen LogP contribution >= 0.6 is 0 Å². The summed E-state index contributed by atoms with van der Waals surface area (Å²) in [5, 5.41) is 0. The second-order valence-corrected chi connectivity index (χ2v) is 3.83. The second kappa shape index (κ2) is 5.01. The molecule has 0 amide bonds. The molecule has 14 heavy (non-hydrogen) atoms. The third kappa shape index (κ3) is 2.74. The van der Waals surface area contributed by atoms with E-state index >= 15 is 0 Å². The Morgan fingerprint density at radius 2 is 1.64 bits per heavy atom.